The Balaban J connectivity index is 2.13. The first-order chi connectivity index (χ1) is 9.38. The van der Waals surface area contributed by atoms with Gasteiger partial charge in [0.25, 0.3) is 5.91 Å². The zero-order valence-corrected chi connectivity index (χ0v) is 12.3. The third-order valence-electron chi connectivity index (χ3n) is 4.13. The molecule has 0 radical (unpaired) electrons. The number of aliphatic hydroxyl groups is 1. The third kappa shape index (κ3) is 2.58. The van der Waals surface area contributed by atoms with Crippen LogP contribution in [0.25, 0.3) is 0 Å². The Hall–Kier alpha value is -1.75. The molecular formula is C15H21NO4. The molecule has 0 heterocycles. The van der Waals surface area contributed by atoms with Crippen molar-refractivity contribution < 1.29 is 19.4 Å². The second-order valence-corrected chi connectivity index (χ2v) is 5.70. The Morgan fingerprint density at radius 3 is 2.20 bits per heavy atom. The summed E-state index contributed by atoms with van der Waals surface area (Å²) in [5.41, 5.74) is 0.192. The van der Waals surface area contributed by atoms with E-state index in [1.165, 1.54) is 0 Å². The van der Waals surface area contributed by atoms with Gasteiger partial charge < -0.3 is 19.9 Å². The summed E-state index contributed by atoms with van der Waals surface area (Å²) >= 11 is 0. The quantitative estimate of drug-likeness (QED) is 0.878. The Morgan fingerprint density at radius 2 is 1.80 bits per heavy atom. The maximum Gasteiger partial charge on any atom is 0.251 e. The molecule has 20 heavy (non-hydrogen) atoms. The van der Waals surface area contributed by atoms with Gasteiger partial charge in [0.2, 0.25) is 0 Å². The van der Waals surface area contributed by atoms with Crippen LogP contribution in [0.3, 0.4) is 0 Å². The van der Waals surface area contributed by atoms with Crippen LogP contribution in [0.15, 0.2) is 18.2 Å². The minimum atomic E-state index is -0.368. The molecule has 1 amide bonds. The number of ether oxygens (including phenoxy) is 2. The highest BCUT2D eigenvalue weighted by atomic mass is 16.5. The summed E-state index contributed by atoms with van der Waals surface area (Å²) < 4.78 is 10.3. The van der Waals surface area contributed by atoms with Crippen molar-refractivity contribution in [3.05, 3.63) is 23.8 Å². The first-order valence-electron chi connectivity index (χ1n) is 6.60. The highest BCUT2D eigenvalue weighted by molar-refractivity contribution is 5.95. The van der Waals surface area contributed by atoms with Gasteiger partial charge in [-0.3, -0.25) is 4.79 Å². The lowest BCUT2D eigenvalue weighted by Gasteiger charge is -2.49. The van der Waals surface area contributed by atoms with Crippen molar-refractivity contribution in [3.63, 3.8) is 0 Å². The van der Waals surface area contributed by atoms with Crippen molar-refractivity contribution in [1.29, 1.82) is 0 Å². The Morgan fingerprint density at radius 1 is 1.25 bits per heavy atom. The zero-order chi connectivity index (χ0) is 14.9. The summed E-state index contributed by atoms with van der Waals surface area (Å²) in [6.07, 6.45) is 0.215. The van der Waals surface area contributed by atoms with E-state index < -0.39 is 0 Å². The van der Waals surface area contributed by atoms with Crippen LogP contribution in [0.5, 0.6) is 11.5 Å². The van der Waals surface area contributed by atoms with Gasteiger partial charge in [0, 0.05) is 23.1 Å². The number of amides is 1. The normalized spacial score (nSPS) is 23.6. The van der Waals surface area contributed by atoms with E-state index in [2.05, 4.69) is 5.32 Å². The molecule has 2 N–H and O–H groups in total. The molecule has 0 saturated heterocycles. The lowest BCUT2D eigenvalue weighted by atomic mass is 9.64. The predicted octanol–water partition coefficient (Wildman–Crippen LogP) is 1.59. The van der Waals surface area contributed by atoms with Crippen LogP contribution >= 0.6 is 0 Å². The monoisotopic (exact) mass is 279 g/mol. The summed E-state index contributed by atoms with van der Waals surface area (Å²) in [4.78, 5) is 12.3. The summed E-state index contributed by atoms with van der Waals surface area (Å²) in [6, 6.07) is 5.02. The molecule has 1 aliphatic carbocycles. The molecule has 0 aromatic heterocycles. The number of nitrogens with one attached hydrogen (secondary N) is 1. The van der Waals surface area contributed by atoms with Crippen molar-refractivity contribution >= 4 is 5.91 Å². The number of aliphatic hydroxyl groups excluding tert-OH is 1. The number of rotatable bonds is 4. The van der Waals surface area contributed by atoms with Crippen LogP contribution in [-0.4, -0.2) is 37.4 Å². The number of methoxy groups -OCH3 is 2. The van der Waals surface area contributed by atoms with E-state index >= 15 is 0 Å². The van der Waals surface area contributed by atoms with Gasteiger partial charge >= 0.3 is 0 Å². The second kappa shape index (κ2) is 5.32. The summed E-state index contributed by atoms with van der Waals surface area (Å²) in [7, 11) is 3.09. The van der Waals surface area contributed by atoms with E-state index in [1.807, 2.05) is 13.8 Å². The van der Waals surface area contributed by atoms with E-state index in [0.717, 1.165) is 0 Å². The third-order valence-corrected chi connectivity index (χ3v) is 4.13. The van der Waals surface area contributed by atoms with Gasteiger partial charge in [0.05, 0.1) is 20.3 Å². The molecule has 2 unspecified atom stereocenters. The van der Waals surface area contributed by atoms with Crippen LogP contribution in [-0.2, 0) is 0 Å². The van der Waals surface area contributed by atoms with E-state index in [9.17, 15) is 9.90 Å². The average molecular weight is 279 g/mol. The van der Waals surface area contributed by atoms with E-state index in [-0.39, 0.29) is 23.5 Å². The van der Waals surface area contributed by atoms with Gasteiger partial charge in [-0.15, -0.1) is 0 Å². The number of benzene rings is 1. The van der Waals surface area contributed by atoms with Gasteiger partial charge in [0.1, 0.15) is 11.5 Å². The number of carbonyl (C=O) groups excluding carboxylic acids is 1. The van der Waals surface area contributed by atoms with Gasteiger partial charge in [-0.25, -0.2) is 0 Å². The molecule has 0 bridgehead atoms. The average Bonchev–Trinajstić information content (AvgIpc) is 2.46. The lowest BCUT2D eigenvalue weighted by molar-refractivity contribution is -0.0689. The van der Waals surface area contributed by atoms with Crippen LogP contribution < -0.4 is 14.8 Å². The summed E-state index contributed by atoms with van der Waals surface area (Å²) in [5.74, 6) is 0.956. The maximum atomic E-state index is 12.3. The fraction of sp³-hybridized carbons (Fsp3) is 0.533. The standard InChI is InChI=1S/C15H21NO4/c1-15(2)12(8-13(15)17)16-14(18)9-5-10(19-3)7-11(6-9)20-4/h5-7,12-13,17H,8H2,1-4H3,(H,16,18). The smallest absolute Gasteiger partial charge is 0.251 e. The van der Waals surface area contributed by atoms with Crippen molar-refractivity contribution in [3.8, 4) is 11.5 Å². The second-order valence-electron chi connectivity index (χ2n) is 5.70. The predicted molar refractivity (Wildman–Crippen MR) is 75.2 cm³/mol. The van der Waals surface area contributed by atoms with Crippen LogP contribution in [0.1, 0.15) is 30.6 Å². The fourth-order valence-electron chi connectivity index (χ4n) is 2.33. The topological polar surface area (TPSA) is 67.8 Å². The first kappa shape index (κ1) is 14.7. The highest BCUT2D eigenvalue weighted by Crippen LogP contribution is 2.40. The Kier molecular flexibility index (Phi) is 3.90. The largest absolute Gasteiger partial charge is 0.497 e. The highest BCUT2D eigenvalue weighted by Gasteiger charge is 2.47. The fourth-order valence-corrected chi connectivity index (χ4v) is 2.33. The molecule has 5 nitrogen and oxygen atoms in total. The lowest BCUT2D eigenvalue weighted by Crippen LogP contribution is -2.61. The molecule has 0 aliphatic heterocycles. The molecule has 1 saturated carbocycles. The summed E-state index contributed by atoms with van der Waals surface area (Å²) in [5, 5.41) is 12.6. The van der Waals surface area contributed by atoms with Crippen LogP contribution in [0, 0.1) is 5.41 Å². The van der Waals surface area contributed by atoms with Crippen LogP contribution in [0.2, 0.25) is 0 Å². The van der Waals surface area contributed by atoms with E-state index in [4.69, 9.17) is 9.47 Å². The minimum Gasteiger partial charge on any atom is -0.497 e. The van der Waals surface area contributed by atoms with Gasteiger partial charge in [-0.05, 0) is 18.6 Å². The zero-order valence-electron chi connectivity index (χ0n) is 12.3. The molecule has 110 valence electrons. The molecule has 2 atom stereocenters. The molecule has 0 spiro atoms. The van der Waals surface area contributed by atoms with Crippen molar-refractivity contribution in [2.45, 2.75) is 32.4 Å². The summed E-state index contributed by atoms with van der Waals surface area (Å²) in [6.45, 7) is 3.89. The number of carbonyl (C=O) groups is 1. The SMILES string of the molecule is COc1cc(OC)cc(C(=O)NC2CC(O)C2(C)C)c1. The first-order valence-corrected chi connectivity index (χ1v) is 6.60. The Labute approximate surface area is 118 Å². The molecule has 1 fully saturated rings. The minimum absolute atomic E-state index is 0.0257. The van der Waals surface area contributed by atoms with Gasteiger partial charge in [-0.1, -0.05) is 13.8 Å². The Bertz CT molecular complexity index is 490. The van der Waals surface area contributed by atoms with Crippen molar-refractivity contribution in [2.75, 3.05) is 14.2 Å². The number of hydrogen-bond donors (Lipinski definition) is 2. The number of hydrogen-bond acceptors (Lipinski definition) is 4. The van der Waals surface area contributed by atoms with Crippen LogP contribution in [0.4, 0.5) is 0 Å². The van der Waals surface area contributed by atoms with Crippen molar-refractivity contribution in [2.24, 2.45) is 5.41 Å². The van der Waals surface area contributed by atoms with Gasteiger partial charge in [-0.2, -0.15) is 0 Å². The van der Waals surface area contributed by atoms with Gasteiger partial charge in [0.15, 0.2) is 0 Å². The molecule has 2 rings (SSSR count). The molecule has 5 heteroatoms. The molecule has 1 aromatic carbocycles. The maximum absolute atomic E-state index is 12.3. The van der Waals surface area contributed by atoms with E-state index in [1.54, 1.807) is 32.4 Å². The molecule has 1 aliphatic rings. The molecule has 1 aromatic rings. The molecular weight excluding hydrogens is 258 g/mol. The van der Waals surface area contributed by atoms with E-state index in [0.29, 0.717) is 23.5 Å². The van der Waals surface area contributed by atoms with Crippen molar-refractivity contribution in [1.82, 2.24) is 5.32 Å².